The van der Waals surface area contributed by atoms with Crippen LogP contribution in [-0.2, 0) is 24.7 Å². The number of Topliss-reactive ketones (excluding diaryl/α,β-unsaturated/α-hetero) is 1. The Balaban J connectivity index is 1.68. The largest absolute Gasteiger partial charge is 0.507 e. The van der Waals surface area contributed by atoms with E-state index >= 15 is 0 Å². The van der Waals surface area contributed by atoms with Crippen molar-refractivity contribution in [1.82, 2.24) is 9.80 Å². The first-order chi connectivity index (χ1) is 18.4. The van der Waals surface area contributed by atoms with Crippen molar-refractivity contribution < 1.29 is 29.0 Å². The van der Waals surface area contributed by atoms with Crippen LogP contribution in [0.3, 0.4) is 0 Å². The summed E-state index contributed by atoms with van der Waals surface area (Å²) in [5, 5.41) is 11.6. The van der Waals surface area contributed by atoms with E-state index in [2.05, 4.69) is 4.90 Å². The molecule has 2 aromatic carbocycles. The van der Waals surface area contributed by atoms with Gasteiger partial charge >= 0.3 is 0 Å². The number of ether oxygens (including phenoxy) is 2. The highest BCUT2D eigenvalue weighted by atomic mass is 16.5. The smallest absolute Gasteiger partial charge is 0.296 e. The third kappa shape index (κ3) is 4.06. The average Bonchev–Trinajstić information content (AvgIpc) is 3.31. The van der Waals surface area contributed by atoms with Crippen LogP contribution in [0.15, 0.2) is 54.1 Å². The summed E-state index contributed by atoms with van der Waals surface area (Å²) in [5.41, 5.74) is -0.417. The molecule has 0 bridgehead atoms. The van der Waals surface area contributed by atoms with Gasteiger partial charge in [-0.25, -0.2) is 0 Å². The van der Waals surface area contributed by atoms with E-state index in [-0.39, 0.29) is 17.9 Å². The number of fused-ring (bicyclic) bond motifs is 2. The number of rotatable bonds is 8. The minimum Gasteiger partial charge on any atom is -0.507 e. The zero-order valence-corrected chi connectivity index (χ0v) is 21.8. The van der Waals surface area contributed by atoms with Gasteiger partial charge in [0.2, 0.25) is 0 Å². The number of carbonyl (C=O) groups is 3. The van der Waals surface area contributed by atoms with Gasteiger partial charge in [0.1, 0.15) is 11.5 Å². The number of likely N-dealkylation sites (tertiary alicyclic amines) is 1. The molecule has 0 radical (unpaired) electrons. The van der Waals surface area contributed by atoms with Gasteiger partial charge < -0.3 is 24.4 Å². The second kappa shape index (κ2) is 10.6. The fraction of sp³-hybridized carbons (Fsp3) is 0.414. The predicted molar refractivity (Wildman–Crippen MR) is 142 cm³/mol. The Labute approximate surface area is 222 Å². The molecule has 3 aliphatic heterocycles. The maximum absolute atomic E-state index is 14.4. The number of benzene rings is 2. The molecule has 200 valence electrons. The monoisotopic (exact) mass is 519 g/mol. The molecule has 1 atom stereocenters. The molecular weight excluding hydrogens is 486 g/mol. The van der Waals surface area contributed by atoms with Crippen molar-refractivity contribution in [2.24, 2.45) is 0 Å². The molecule has 3 aliphatic rings. The number of amides is 2. The van der Waals surface area contributed by atoms with Crippen molar-refractivity contribution in [2.45, 2.75) is 25.8 Å². The zero-order valence-electron chi connectivity index (χ0n) is 21.8. The maximum Gasteiger partial charge on any atom is 0.296 e. The summed E-state index contributed by atoms with van der Waals surface area (Å²) < 4.78 is 10.9. The molecule has 0 aromatic heterocycles. The molecule has 1 unspecified atom stereocenters. The highest BCUT2D eigenvalue weighted by Gasteiger charge is 2.66. The van der Waals surface area contributed by atoms with Crippen LogP contribution in [0.4, 0.5) is 5.69 Å². The van der Waals surface area contributed by atoms with E-state index in [1.54, 1.807) is 41.3 Å². The van der Waals surface area contributed by atoms with Crippen LogP contribution in [0.5, 0.6) is 5.75 Å². The Morgan fingerprint density at radius 3 is 2.37 bits per heavy atom. The highest BCUT2D eigenvalue weighted by molar-refractivity contribution is 6.50. The van der Waals surface area contributed by atoms with Crippen molar-refractivity contribution in [2.75, 3.05) is 57.4 Å². The highest BCUT2D eigenvalue weighted by Crippen LogP contribution is 2.53. The Bertz CT molecular complexity index is 1270. The van der Waals surface area contributed by atoms with Crippen molar-refractivity contribution in [1.29, 1.82) is 0 Å². The van der Waals surface area contributed by atoms with Gasteiger partial charge in [-0.3, -0.25) is 19.3 Å². The van der Waals surface area contributed by atoms with Gasteiger partial charge in [-0.1, -0.05) is 25.1 Å². The molecule has 3 heterocycles. The molecule has 2 amide bonds. The first-order valence-corrected chi connectivity index (χ1v) is 13.2. The Morgan fingerprint density at radius 2 is 1.68 bits per heavy atom. The number of hydrogen-bond acceptors (Lipinski definition) is 7. The first-order valence-electron chi connectivity index (χ1n) is 13.2. The molecule has 9 nitrogen and oxygen atoms in total. The number of aliphatic hydroxyl groups is 1. The summed E-state index contributed by atoms with van der Waals surface area (Å²) in [7, 11) is 0. The molecule has 38 heavy (non-hydrogen) atoms. The minimum absolute atomic E-state index is 0.157. The van der Waals surface area contributed by atoms with Crippen molar-refractivity contribution in [3.8, 4) is 5.75 Å². The van der Waals surface area contributed by atoms with Crippen LogP contribution >= 0.6 is 0 Å². The van der Waals surface area contributed by atoms with Crippen LogP contribution < -0.4 is 9.64 Å². The lowest BCUT2D eigenvalue weighted by Gasteiger charge is -2.36. The van der Waals surface area contributed by atoms with Crippen molar-refractivity contribution in [3.05, 3.63) is 65.2 Å². The standard InChI is InChI=1S/C29H33N3O6/c1-3-13-31-23-8-6-5-7-22(23)29(28(31)36)24(25(33)20-9-11-21(12-10-20)38-4-2)26(34)27(35)32(29)15-14-30-16-18-37-19-17-30/h5-12,33H,3-4,13-19H2,1-2H3. The van der Waals surface area contributed by atoms with Gasteiger partial charge in [-0.15, -0.1) is 0 Å². The molecule has 5 rings (SSSR count). The number of anilines is 1. The van der Waals surface area contributed by atoms with Crippen molar-refractivity contribution in [3.63, 3.8) is 0 Å². The topological polar surface area (TPSA) is 99.6 Å². The molecule has 0 aliphatic carbocycles. The number of para-hydroxylation sites is 1. The molecule has 1 spiro atoms. The molecule has 9 heteroatoms. The van der Waals surface area contributed by atoms with Gasteiger partial charge in [0, 0.05) is 43.9 Å². The Hall–Kier alpha value is -3.69. The number of ketones is 1. The van der Waals surface area contributed by atoms with Crippen LogP contribution in [0.1, 0.15) is 31.4 Å². The lowest BCUT2D eigenvalue weighted by Crippen LogP contribution is -2.54. The van der Waals surface area contributed by atoms with Crippen LogP contribution in [0.25, 0.3) is 5.76 Å². The number of hydrogen-bond donors (Lipinski definition) is 1. The summed E-state index contributed by atoms with van der Waals surface area (Å²) in [6.07, 6.45) is 0.690. The quantitative estimate of drug-likeness (QED) is 0.325. The van der Waals surface area contributed by atoms with Crippen molar-refractivity contribution >= 4 is 29.0 Å². The van der Waals surface area contributed by atoms with Gasteiger partial charge in [0.05, 0.1) is 31.1 Å². The summed E-state index contributed by atoms with van der Waals surface area (Å²) in [5.74, 6) is -1.80. The van der Waals surface area contributed by atoms with Gasteiger partial charge in [-0.05, 0) is 43.7 Å². The fourth-order valence-electron chi connectivity index (χ4n) is 5.70. The van der Waals surface area contributed by atoms with Gasteiger partial charge in [0.25, 0.3) is 17.6 Å². The molecule has 2 fully saturated rings. The minimum atomic E-state index is -1.74. The maximum atomic E-state index is 14.4. The number of nitrogens with zero attached hydrogens (tertiary/aromatic N) is 3. The second-order valence-corrected chi connectivity index (χ2v) is 9.61. The third-order valence-corrected chi connectivity index (χ3v) is 7.44. The second-order valence-electron chi connectivity index (χ2n) is 9.61. The Morgan fingerprint density at radius 1 is 0.974 bits per heavy atom. The normalized spacial score (nSPS) is 22.9. The van der Waals surface area contributed by atoms with E-state index in [4.69, 9.17) is 9.47 Å². The van der Waals surface area contributed by atoms with Crippen LogP contribution in [-0.4, -0.2) is 85.0 Å². The van der Waals surface area contributed by atoms with Gasteiger partial charge in [-0.2, -0.15) is 0 Å². The first kappa shape index (κ1) is 25.9. The van der Waals surface area contributed by atoms with E-state index in [9.17, 15) is 19.5 Å². The summed E-state index contributed by atoms with van der Waals surface area (Å²) in [4.78, 5) is 46.9. The molecule has 1 N–H and O–H groups in total. The number of aliphatic hydroxyl groups excluding tert-OH is 1. The predicted octanol–water partition coefficient (Wildman–Crippen LogP) is 2.75. The molecular formula is C29H33N3O6. The van der Waals surface area contributed by atoms with E-state index in [1.807, 2.05) is 26.0 Å². The summed E-state index contributed by atoms with van der Waals surface area (Å²) in [6.45, 7) is 7.97. The van der Waals surface area contributed by atoms with E-state index < -0.39 is 23.1 Å². The lowest BCUT2D eigenvalue weighted by molar-refractivity contribution is -0.144. The number of carbonyl (C=O) groups excluding carboxylic acids is 3. The third-order valence-electron chi connectivity index (χ3n) is 7.44. The molecule has 2 aromatic rings. The average molecular weight is 520 g/mol. The molecule has 2 saturated heterocycles. The summed E-state index contributed by atoms with van der Waals surface area (Å²) >= 11 is 0. The zero-order chi connectivity index (χ0) is 26.9. The lowest BCUT2D eigenvalue weighted by atomic mass is 9.82. The van der Waals surface area contributed by atoms with E-state index in [1.165, 1.54) is 4.90 Å². The van der Waals surface area contributed by atoms with E-state index in [0.717, 1.165) is 0 Å². The van der Waals surface area contributed by atoms with Crippen LogP contribution in [0.2, 0.25) is 0 Å². The van der Waals surface area contributed by atoms with Crippen LogP contribution in [0, 0.1) is 0 Å². The van der Waals surface area contributed by atoms with Gasteiger partial charge in [0.15, 0.2) is 5.54 Å². The Kier molecular flexibility index (Phi) is 7.23. The fourth-order valence-corrected chi connectivity index (χ4v) is 5.70. The molecule has 0 saturated carbocycles. The van der Waals surface area contributed by atoms with E-state index in [0.29, 0.717) is 75.0 Å². The number of morpholine rings is 1. The summed E-state index contributed by atoms with van der Waals surface area (Å²) in [6, 6.07) is 13.9. The SMILES string of the molecule is CCCN1C(=O)C2(C(=C(O)c3ccc(OCC)cc3)C(=O)C(=O)N2CCN2CCOCC2)c2ccccc21.